The molecule has 26 heavy (non-hydrogen) atoms. The molecule has 0 unspecified atom stereocenters. The van der Waals surface area contributed by atoms with Crippen molar-refractivity contribution in [3.8, 4) is 0 Å². The fourth-order valence-corrected chi connectivity index (χ4v) is 4.42. The fourth-order valence-electron chi connectivity index (χ4n) is 3.12. The number of aryl methyl sites for hydroxylation is 1. The Morgan fingerprint density at radius 1 is 1.19 bits per heavy atom. The first kappa shape index (κ1) is 18.8. The third kappa shape index (κ3) is 4.62. The van der Waals surface area contributed by atoms with Gasteiger partial charge in [0.1, 0.15) is 5.00 Å². The van der Waals surface area contributed by atoms with E-state index >= 15 is 0 Å². The van der Waals surface area contributed by atoms with Crippen LogP contribution in [-0.4, -0.2) is 55.5 Å². The summed E-state index contributed by atoms with van der Waals surface area (Å²) in [6, 6.07) is 0.311. The maximum Gasteiger partial charge on any atom is 0.341 e. The number of anilines is 1. The van der Waals surface area contributed by atoms with Gasteiger partial charge in [-0.25, -0.2) is 4.79 Å². The molecule has 0 saturated heterocycles. The number of hydrogen-bond acceptors (Lipinski definition) is 6. The van der Waals surface area contributed by atoms with E-state index in [1.807, 2.05) is 0 Å². The number of thiophene rings is 1. The maximum atomic E-state index is 12.4. The predicted octanol–water partition coefficient (Wildman–Crippen LogP) is 1.56. The summed E-state index contributed by atoms with van der Waals surface area (Å²) in [5.41, 5.74) is 1.52. The van der Waals surface area contributed by atoms with Crippen molar-refractivity contribution < 1.29 is 19.1 Å². The highest BCUT2D eigenvalue weighted by molar-refractivity contribution is 7.17. The summed E-state index contributed by atoms with van der Waals surface area (Å²) in [4.78, 5) is 39.3. The number of carbonyl (C=O) groups excluding carboxylic acids is 3. The van der Waals surface area contributed by atoms with Gasteiger partial charge in [-0.2, -0.15) is 0 Å². The van der Waals surface area contributed by atoms with E-state index in [0.717, 1.165) is 42.5 Å². The molecule has 7 nitrogen and oxygen atoms in total. The van der Waals surface area contributed by atoms with Crippen molar-refractivity contribution >= 4 is 34.1 Å². The van der Waals surface area contributed by atoms with Crippen LogP contribution in [0.2, 0.25) is 0 Å². The van der Waals surface area contributed by atoms with Gasteiger partial charge in [0.15, 0.2) is 0 Å². The van der Waals surface area contributed by atoms with Gasteiger partial charge < -0.3 is 15.4 Å². The molecule has 0 aliphatic heterocycles. The van der Waals surface area contributed by atoms with E-state index in [1.54, 1.807) is 18.9 Å². The number of amides is 2. The first-order valence-electron chi connectivity index (χ1n) is 9.07. The van der Waals surface area contributed by atoms with Crippen molar-refractivity contribution in [3.63, 3.8) is 0 Å². The van der Waals surface area contributed by atoms with E-state index in [1.165, 1.54) is 11.3 Å². The number of fused-ring (bicyclic) bond motifs is 1. The Morgan fingerprint density at radius 2 is 1.92 bits per heavy atom. The Hall–Kier alpha value is -1.93. The normalized spacial score (nSPS) is 15.7. The molecule has 1 fully saturated rings. The fraction of sp³-hybridized carbons (Fsp3) is 0.611. The highest BCUT2D eigenvalue weighted by Crippen LogP contribution is 2.39. The van der Waals surface area contributed by atoms with Crippen LogP contribution >= 0.6 is 11.3 Å². The van der Waals surface area contributed by atoms with Crippen molar-refractivity contribution in [2.45, 2.75) is 45.1 Å². The van der Waals surface area contributed by atoms with Crippen LogP contribution in [0.3, 0.4) is 0 Å². The van der Waals surface area contributed by atoms with Gasteiger partial charge in [0.05, 0.1) is 25.3 Å². The zero-order valence-electron chi connectivity index (χ0n) is 15.2. The van der Waals surface area contributed by atoms with E-state index in [2.05, 4.69) is 10.6 Å². The van der Waals surface area contributed by atoms with Gasteiger partial charge in [0.2, 0.25) is 11.8 Å². The number of nitrogens with one attached hydrogen (secondary N) is 2. The predicted molar refractivity (Wildman–Crippen MR) is 99.6 cm³/mol. The van der Waals surface area contributed by atoms with E-state index in [4.69, 9.17) is 4.74 Å². The number of nitrogens with zero attached hydrogens (tertiary/aromatic N) is 1. The number of ether oxygens (including phenoxy) is 1. The number of likely N-dealkylation sites (N-methyl/N-ethyl adjacent to an activating group) is 1. The number of rotatable bonds is 8. The van der Waals surface area contributed by atoms with Crippen LogP contribution in [0.25, 0.3) is 0 Å². The molecule has 0 atom stereocenters. The summed E-state index contributed by atoms with van der Waals surface area (Å²) >= 11 is 1.46. The number of carbonyl (C=O) groups is 3. The van der Waals surface area contributed by atoms with Crippen LogP contribution in [0.4, 0.5) is 5.00 Å². The Labute approximate surface area is 157 Å². The quantitative estimate of drug-likeness (QED) is 0.670. The van der Waals surface area contributed by atoms with Crippen molar-refractivity contribution in [1.82, 2.24) is 10.2 Å². The Morgan fingerprint density at radius 3 is 2.62 bits per heavy atom. The molecule has 1 aromatic heterocycles. The third-order valence-electron chi connectivity index (χ3n) is 4.42. The summed E-state index contributed by atoms with van der Waals surface area (Å²) in [5, 5.41) is 6.31. The van der Waals surface area contributed by atoms with Crippen LogP contribution in [0, 0.1) is 0 Å². The minimum atomic E-state index is -0.376. The van der Waals surface area contributed by atoms with Crippen molar-refractivity contribution in [1.29, 1.82) is 0 Å². The lowest BCUT2D eigenvalue weighted by Crippen LogP contribution is -2.39. The highest BCUT2D eigenvalue weighted by Gasteiger charge is 2.28. The first-order chi connectivity index (χ1) is 12.5. The standard InChI is InChI=1S/C18H25N3O4S/c1-3-25-18(24)16-12-5-4-6-13(12)26-17(16)20-15(23)10-21(2)9-14(22)19-11-7-8-11/h11H,3-10H2,1-2H3,(H,19,22)(H,20,23). The van der Waals surface area contributed by atoms with E-state index < -0.39 is 0 Å². The average molecular weight is 379 g/mol. The van der Waals surface area contributed by atoms with Gasteiger partial charge in [-0.15, -0.1) is 11.3 Å². The van der Waals surface area contributed by atoms with Crippen molar-refractivity contribution in [2.24, 2.45) is 0 Å². The minimum absolute atomic E-state index is 0.0647. The van der Waals surface area contributed by atoms with E-state index in [-0.39, 0.29) is 30.9 Å². The zero-order valence-corrected chi connectivity index (χ0v) is 16.0. The molecule has 2 aliphatic rings. The van der Waals surface area contributed by atoms with Crippen LogP contribution in [-0.2, 0) is 27.2 Å². The Bertz CT molecular complexity index is 712. The molecular formula is C18H25N3O4S. The summed E-state index contributed by atoms with van der Waals surface area (Å²) in [5.74, 6) is -0.679. The van der Waals surface area contributed by atoms with Gasteiger partial charge in [0.25, 0.3) is 0 Å². The highest BCUT2D eigenvalue weighted by atomic mass is 32.1. The largest absolute Gasteiger partial charge is 0.462 e. The molecule has 3 rings (SSSR count). The average Bonchev–Trinajstić information content (AvgIpc) is 3.12. The SMILES string of the molecule is CCOC(=O)c1c(NC(=O)CN(C)CC(=O)NC2CC2)sc2c1CCC2. The molecule has 2 N–H and O–H groups in total. The second kappa shape index (κ2) is 8.18. The second-order valence-electron chi connectivity index (χ2n) is 6.84. The topological polar surface area (TPSA) is 87.7 Å². The molecule has 0 aromatic carbocycles. The molecule has 0 radical (unpaired) electrons. The molecule has 142 valence electrons. The smallest absolute Gasteiger partial charge is 0.341 e. The lowest BCUT2D eigenvalue weighted by Gasteiger charge is -2.16. The molecule has 0 bridgehead atoms. The Balaban J connectivity index is 1.59. The minimum Gasteiger partial charge on any atom is -0.462 e. The zero-order chi connectivity index (χ0) is 18.7. The maximum absolute atomic E-state index is 12.4. The van der Waals surface area contributed by atoms with Crippen LogP contribution in [0.1, 0.15) is 47.0 Å². The summed E-state index contributed by atoms with van der Waals surface area (Å²) in [6.45, 7) is 2.33. The van der Waals surface area contributed by atoms with E-state index in [9.17, 15) is 14.4 Å². The van der Waals surface area contributed by atoms with Gasteiger partial charge in [0, 0.05) is 10.9 Å². The lowest BCUT2D eigenvalue weighted by molar-refractivity contribution is -0.123. The third-order valence-corrected chi connectivity index (χ3v) is 5.63. The van der Waals surface area contributed by atoms with Crippen molar-refractivity contribution in [3.05, 3.63) is 16.0 Å². The molecule has 1 aromatic rings. The number of hydrogen-bond donors (Lipinski definition) is 2. The first-order valence-corrected chi connectivity index (χ1v) is 9.89. The van der Waals surface area contributed by atoms with Gasteiger partial charge >= 0.3 is 5.97 Å². The monoisotopic (exact) mass is 379 g/mol. The number of esters is 1. The van der Waals surface area contributed by atoms with Gasteiger partial charge in [-0.1, -0.05) is 0 Å². The van der Waals surface area contributed by atoms with Crippen LogP contribution in [0.15, 0.2) is 0 Å². The molecule has 2 amide bonds. The summed E-state index contributed by atoms with van der Waals surface area (Å²) < 4.78 is 5.16. The molecule has 2 aliphatic carbocycles. The van der Waals surface area contributed by atoms with Crippen molar-refractivity contribution in [2.75, 3.05) is 32.1 Å². The molecule has 1 saturated carbocycles. The second-order valence-corrected chi connectivity index (χ2v) is 7.95. The molecule has 1 heterocycles. The van der Waals surface area contributed by atoms with E-state index in [0.29, 0.717) is 23.2 Å². The van der Waals surface area contributed by atoms with Gasteiger partial charge in [-0.3, -0.25) is 14.5 Å². The molecule has 0 spiro atoms. The Kier molecular flexibility index (Phi) is 5.93. The van der Waals surface area contributed by atoms with Crippen LogP contribution in [0.5, 0.6) is 0 Å². The molecule has 8 heteroatoms. The lowest BCUT2D eigenvalue weighted by atomic mass is 10.1. The summed E-state index contributed by atoms with van der Waals surface area (Å²) in [6.07, 6.45) is 4.88. The summed E-state index contributed by atoms with van der Waals surface area (Å²) in [7, 11) is 1.73. The molecular weight excluding hydrogens is 354 g/mol. The van der Waals surface area contributed by atoms with Gasteiger partial charge in [-0.05, 0) is 51.6 Å². The van der Waals surface area contributed by atoms with Crippen LogP contribution < -0.4 is 10.6 Å².